The number of hydrogen-bond donors (Lipinski definition) is 3. The summed E-state index contributed by atoms with van der Waals surface area (Å²) < 4.78 is 16.9. The van der Waals surface area contributed by atoms with Gasteiger partial charge >= 0.3 is 5.69 Å². The number of hydrogen-bond acceptors (Lipinski definition) is 7. The number of H-pyrrole nitrogens is 1. The molecule has 1 aromatic heterocycles. The van der Waals surface area contributed by atoms with E-state index < -0.39 is 42.4 Å². The first-order chi connectivity index (χ1) is 10.1. The molecule has 9 nitrogen and oxygen atoms in total. The van der Waals surface area contributed by atoms with E-state index in [0.29, 0.717) is 6.61 Å². The quantitative estimate of drug-likeness (QED) is 0.510. The first-order valence-electron chi connectivity index (χ1n) is 6.45. The molecule has 0 aliphatic carbocycles. The predicted octanol–water partition coefficient (Wildman–Crippen LogP) is -2.18. The van der Waals surface area contributed by atoms with Crippen molar-refractivity contribution in [2.24, 2.45) is 0 Å². The number of aromatic nitrogens is 2. The number of aromatic amines is 1. The summed E-state index contributed by atoms with van der Waals surface area (Å²) >= 11 is 0. The zero-order chi connectivity index (χ0) is 15.4. The van der Waals surface area contributed by atoms with Gasteiger partial charge in [-0.05, 0) is 0 Å². The molecule has 1 saturated heterocycles. The Labute approximate surface area is 119 Å². The molecule has 1 aliphatic rings. The summed E-state index contributed by atoms with van der Waals surface area (Å²) in [7, 11) is 1.51. The van der Waals surface area contributed by atoms with Gasteiger partial charge in [-0.3, -0.25) is 14.3 Å². The Bertz CT molecular complexity index is 569. The van der Waals surface area contributed by atoms with Gasteiger partial charge in [0.25, 0.3) is 5.56 Å². The third-order valence-corrected chi connectivity index (χ3v) is 3.22. The summed E-state index contributed by atoms with van der Waals surface area (Å²) in [5.74, 6) is 0. The van der Waals surface area contributed by atoms with Crippen LogP contribution >= 0.6 is 0 Å². The van der Waals surface area contributed by atoms with Gasteiger partial charge < -0.3 is 24.4 Å². The molecule has 0 radical (unpaired) electrons. The minimum Gasteiger partial charge on any atom is -0.394 e. The molecular formula is C12H18N2O7. The minimum absolute atomic E-state index is 0.189. The van der Waals surface area contributed by atoms with Crippen molar-refractivity contribution in [2.75, 3.05) is 26.9 Å². The van der Waals surface area contributed by atoms with Crippen LogP contribution in [0.15, 0.2) is 21.9 Å². The van der Waals surface area contributed by atoms with E-state index in [9.17, 15) is 19.8 Å². The van der Waals surface area contributed by atoms with E-state index in [1.54, 1.807) is 0 Å². The Balaban J connectivity index is 2.25. The third-order valence-electron chi connectivity index (χ3n) is 3.22. The fourth-order valence-electron chi connectivity index (χ4n) is 2.17. The van der Waals surface area contributed by atoms with Crippen LogP contribution in [0, 0.1) is 0 Å². The highest BCUT2D eigenvalue weighted by atomic mass is 16.6. The summed E-state index contributed by atoms with van der Waals surface area (Å²) in [6.07, 6.45) is -2.53. The normalized spacial score (nSPS) is 28.9. The van der Waals surface area contributed by atoms with Gasteiger partial charge in [0.15, 0.2) is 6.23 Å². The number of rotatable bonds is 6. The van der Waals surface area contributed by atoms with E-state index in [0.717, 1.165) is 10.6 Å². The Hall–Kier alpha value is -1.52. The van der Waals surface area contributed by atoms with Gasteiger partial charge in [-0.2, -0.15) is 0 Å². The van der Waals surface area contributed by atoms with Crippen LogP contribution in [0.2, 0.25) is 0 Å². The lowest BCUT2D eigenvalue weighted by atomic mass is 10.1. The molecule has 1 fully saturated rings. The highest BCUT2D eigenvalue weighted by Crippen LogP contribution is 2.30. The van der Waals surface area contributed by atoms with Crippen molar-refractivity contribution in [2.45, 2.75) is 24.5 Å². The van der Waals surface area contributed by atoms with Gasteiger partial charge in [0.05, 0.1) is 19.8 Å². The van der Waals surface area contributed by atoms with E-state index in [1.165, 1.54) is 13.3 Å². The van der Waals surface area contributed by atoms with Crippen molar-refractivity contribution < 1.29 is 24.4 Å². The summed E-state index contributed by atoms with van der Waals surface area (Å²) in [6, 6.07) is 1.16. The van der Waals surface area contributed by atoms with Crippen molar-refractivity contribution in [3.05, 3.63) is 33.1 Å². The molecule has 0 amide bonds. The molecule has 0 unspecified atom stereocenters. The molecule has 2 heterocycles. The summed E-state index contributed by atoms with van der Waals surface area (Å²) in [4.78, 5) is 25.0. The lowest BCUT2D eigenvalue weighted by Crippen LogP contribution is -2.39. The lowest BCUT2D eigenvalue weighted by Gasteiger charge is -2.22. The number of nitrogens with zero attached hydrogens (tertiary/aromatic N) is 1. The number of nitrogens with one attached hydrogen (secondary N) is 1. The zero-order valence-corrected chi connectivity index (χ0v) is 11.5. The van der Waals surface area contributed by atoms with E-state index in [-0.39, 0.29) is 6.61 Å². The molecule has 118 valence electrons. The molecule has 1 aliphatic heterocycles. The first kappa shape index (κ1) is 15.9. The van der Waals surface area contributed by atoms with Crippen molar-refractivity contribution in [1.29, 1.82) is 0 Å². The van der Waals surface area contributed by atoms with E-state index in [1.807, 2.05) is 0 Å². The minimum atomic E-state index is -1.10. The standard InChI is InChI=1S/C12H18N2O7/c1-19-4-5-20-10-9(17)7(6-15)21-11(10)14-3-2-8(16)13-12(14)18/h2-3,7,9-11,15,17H,4-6H2,1H3,(H,13,16,18)/t7-,9+,10+,11+/m1/s1. The van der Waals surface area contributed by atoms with E-state index in [2.05, 4.69) is 4.98 Å². The summed E-state index contributed by atoms with van der Waals surface area (Å²) in [6.45, 7) is 0.0779. The highest BCUT2D eigenvalue weighted by molar-refractivity contribution is 4.93. The molecule has 0 bridgehead atoms. The largest absolute Gasteiger partial charge is 0.394 e. The van der Waals surface area contributed by atoms with Crippen LogP contribution in [0.1, 0.15) is 6.23 Å². The molecule has 9 heteroatoms. The summed E-state index contributed by atoms with van der Waals surface area (Å²) in [5.41, 5.74) is -1.22. The monoisotopic (exact) mass is 302 g/mol. The van der Waals surface area contributed by atoms with Crippen LogP contribution in [-0.2, 0) is 14.2 Å². The molecule has 0 saturated carbocycles. The smallest absolute Gasteiger partial charge is 0.330 e. The van der Waals surface area contributed by atoms with Gasteiger partial charge in [-0.1, -0.05) is 0 Å². The molecule has 3 N–H and O–H groups in total. The van der Waals surface area contributed by atoms with Crippen LogP contribution in [0.3, 0.4) is 0 Å². The topological polar surface area (TPSA) is 123 Å². The maximum absolute atomic E-state index is 11.8. The van der Waals surface area contributed by atoms with Crippen molar-refractivity contribution in [1.82, 2.24) is 9.55 Å². The second-order valence-corrected chi connectivity index (χ2v) is 4.58. The van der Waals surface area contributed by atoms with Crippen LogP contribution in [0.4, 0.5) is 0 Å². The number of aliphatic hydroxyl groups is 2. The Morgan fingerprint density at radius 1 is 1.43 bits per heavy atom. The van der Waals surface area contributed by atoms with Crippen LogP contribution in [0.25, 0.3) is 0 Å². The molecule has 21 heavy (non-hydrogen) atoms. The average molecular weight is 302 g/mol. The predicted molar refractivity (Wildman–Crippen MR) is 69.9 cm³/mol. The van der Waals surface area contributed by atoms with Gasteiger partial charge in [0.1, 0.15) is 18.3 Å². The van der Waals surface area contributed by atoms with Gasteiger partial charge in [0, 0.05) is 19.4 Å². The maximum Gasteiger partial charge on any atom is 0.330 e. The fraction of sp³-hybridized carbons (Fsp3) is 0.667. The Morgan fingerprint density at radius 3 is 2.81 bits per heavy atom. The number of aliphatic hydroxyl groups excluding tert-OH is 2. The fourth-order valence-corrected chi connectivity index (χ4v) is 2.17. The summed E-state index contributed by atoms with van der Waals surface area (Å²) in [5, 5.41) is 19.3. The molecule has 4 atom stereocenters. The van der Waals surface area contributed by atoms with Gasteiger partial charge in [-0.25, -0.2) is 4.79 Å². The van der Waals surface area contributed by atoms with Gasteiger partial charge in [-0.15, -0.1) is 0 Å². The second kappa shape index (κ2) is 6.96. The second-order valence-electron chi connectivity index (χ2n) is 4.58. The molecule has 0 aromatic carbocycles. The molecular weight excluding hydrogens is 284 g/mol. The molecule has 1 aromatic rings. The Kier molecular flexibility index (Phi) is 5.26. The molecule has 0 spiro atoms. The van der Waals surface area contributed by atoms with Gasteiger partial charge in [0.2, 0.25) is 0 Å². The van der Waals surface area contributed by atoms with Crippen LogP contribution in [-0.4, -0.2) is 65.0 Å². The number of methoxy groups -OCH3 is 1. The van der Waals surface area contributed by atoms with Crippen LogP contribution < -0.4 is 11.2 Å². The van der Waals surface area contributed by atoms with E-state index >= 15 is 0 Å². The first-order valence-corrected chi connectivity index (χ1v) is 6.45. The SMILES string of the molecule is COCCO[C@H]1[C@@H](O)[C@@H](CO)O[C@@H]1n1ccc(=O)[nH]c1=O. The van der Waals surface area contributed by atoms with Crippen molar-refractivity contribution in [3.8, 4) is 0 Å². The zero-order valence-electron chi connectivity index (χ0n) is 11.5. The average Bonchev–Trinajstić information content (AvgIpc) is 2.76. The number of ether oxygens (including phenoxy) is 3. The highest BCUT2D eigenvalue weighted by Gasteiger charge is 2.45. The van der Waals surface area contributed by atoms with E-state index in [4.69, 9.17) is 14.2 Å². The van der Waals surface area contributed by atoms with Crippen molar-refractivity contribution in [3.63, 3.8) is 0 Å². The molecule has 2 rings (SSSR count). The Morgan fingerprint density at radius 2 is 2.19 bits per heavy atom. The van der Waals surface area contributed by atoms with Crippen molar-refractivity contribution >= 4 is 0 Å². The maximum atomic E-state index is 11.8. The third kappa shape index (κ3) is 3.39. The van der Waals surface area contributed by atoms with Crippen LogP contribution in [0.5, 0.6) is 0 Å². The lowest BCUT2D eigenvalue weighted by molar-refractivity contribution is -0.0819.